The van der Waals surface area contributed by atoms with Crippen molar-refractivity contribution in [1.29, 1.82) is 0 Å². The van der Waals surface area contributed by atoms with Gasteiger partial charge in [0.1, 0.15) is 0 Å². The van der Waals surface area contributed by atoms with E-state index in [1.807, 2.05) is 19.9 Å². The van der Waals surface area contributed by atoms with Crippen molar-refractivity contribution in [2.45, 2.75) is 13.8 Å². The maximum atomic E-state index is 10.5. The molecule has 0 aliphatic carbocycles. The van der Waals surface area contributed by atoms with Crippen LogP contribution in [-0.2, 0) is 0 Å². The van der Waals surface area contributed by atoms with Gasteiger partial charge in [0.25, 0.3) is 0 Å². The molecule has 61 valence electrons. The number of benzene rings is 1. The first-order valence-electron chi connectivity index (χ1n) is 3.42. The first kappa shape index (κ1) is 11.2. The molecular formula is C9H10AlO2. The van der Waals surface area contributed by atoms with E-state index in [4.69, 9.17) is 5.11 Å². The van der Waals surface area contributed by atoms with Crippen molar-refractivity contribution in [2.75, 3.05) is 0 Å². The summed E-state index contributed by atoms with van der Waals surface area (Å²) in [6.07, 6.45) is 0. The van der Waals surface area contributed by atoms with Crippen LogP contribution in [0.3, 0.4) is 0 Å². The van der Waals surface area contributed by atoms with Crippen LogP contribution in [-0.4, -0.2) is 28.4 Å². The minimum Gasteiger partial charge on any atom is -0.478 e. The average molecular weight is 177 g/mol. The first-order chi connectivity index (χ1) is 5.11. The Morgan fingerprint density at radius 1 is 1.25 bits per heavy atom. The standard InChI is InChI=1S/C9H10O2.Al/c1-6-3-4-8(9(10)11)5-7(6)2;/h3-5H,1-2H3,(H,10,11);. The molecule has 1 rings (SSSR count). The molecule has 0 unspecified atom stereocenters. The zero-order valence-corrected chi connectivity index (χ0v) is 8.32. The molecule has 12 heavy (non-hydrogen) atoms. The zero-order valence-electron chi connectivity index (χ0n) is 7.16. The van der Waals surface area contributed by atoms with Gasteiger partial charge in [-0.2, -0.15) is 0 Å². The van der Waals surface area contributed by atoms with Crippen molar-refractivity contribution in [3.8, 4) is 0 Å². The second kappa shape index (κ2) is 4.30. The molecule has 3 heteroatoms. The summed E-state index contributed by atoms with van der Waals surface area (Å²) in [5.74, 6) is -0.867. The molecule has 1 aromatic carbocycles. The Balaban J connectivity index is 0.00000121. The van der Waals surface area contributed by atoms with E-state index < -0.39 is 5.97 Å². The highest BCUT2D eigenvalue weighted by atomic mass is 27.0. The third-order valence-corrected chi connectivity index (χ3v) is 1.75. The largest absolute Gasteiger partial charge is 0.478 e. The van der Waals surface area contributed by atoms with E-state index in [1.54, 1.807) is 12.1 Å². The van der Waals surface area contributed by atoms with Gasteiger partial charge in [-0.1, -0.05) is 6.07 Å². The van der Waals surface area contributed by atoms with Gasteiger partial charge in [-0.25, -0.2) is 4.79 Å². The SMILES string of the molecule is Cc1ccc(C(=O)O)cc1C.[Al]. The molecule has 0 fully saturated rings. The van der Waals surface area contributed by atoms with Crippen molar-refractivity contribution >= 4 is 23.3 Å². The average Bonchev–Trinajstić information content (AvgIpc) is 1.94. The summed E-state index contributed by atoms with van der Waals surface area (Å²) < 4.78 is 0. The number of rotatable bonds is 1. The Morgan fingerprint density at radius 2 is 1.83 bits per heavy atom. The molecule has 0 spiro atoms. The molecule has 2 nitrogen and oxygen atoms in total. The van der Waals surface area contributed by atoms with Gasteiger partial charge in [-0.05, 0) is 37.1 Å². The van der Waals surface area contributed by atoms with Crippen LogP contribution in [0.25, 0.3) is 0 Å². The lowest BCUT2D eigenvalue weighted by atomic mass is 10.1. The normalized spacial score (nSPS) is 8.83. The number of carboxylic acid groups (broad SMARTS) is 1. The number of aromatic carboxylic acids is 1. The minimum atomic E-state index is -0.867. The van der Waals surface area contributed by atoms with E-state index in [1.165, 1.54) is 0 Å². The van der Waals surface area contributed by atoms with E-state index in [0.717, 1.165) is 11.1 Å². The number of hydrogen-bond donors (Lipinski definition) is 1. The number of aryl methyl sites for hydroxylation is 2. The van der Waals surface area contributed by atoms with Crippen LogP contribution in [0.5, 0.6) is 0 Å². The molecule has 0 aliphatic heterocycles. The smallest absolute Gasteiger partial charge is 0.335 e. The van der Waals surface area contributed by atoms with Gasteiger partial charge in [0.2, 0.25) is 0 Å². The molecular weight excluding hydrogens is 167 g/mol. The van der Waals surface area contributed by atoms with Crippen LogP contribution in [0.4, 0.5) is 0 Å². The van der Waals surface area contributed by atoms with E-state index >= 15 is 0 Å². The number of carbonyl (C=O) groups is 1. The van der Waals surface area contributed by atoms with Crippen LogP contribution in [0, 0.1) is 13.8 Å². The summed E-state index contributed by atoms with van der Waals surface area (Å²) in [6, 6.07) is 5.11. The molecule has 0 saturated heterocycles. The third kappa shape index (κ3) is 2.37. The van der Waals surface area contributed by atoms with Crippen LogP contribution < -0.4 is 0 Å². The summed E-state index contributed by atoms with van der Waals surface area (Å²) in [5, 5.41) is 8.60. The van der Waals surface area contributed by atoms with Crippen LogP contribution in [0.2, 0.25) is 0 Å². The maximum Gasteiger partial charge on any atom is 0.335 e. The first-order valence-corrected chi connectivity index (χ1v) is 3.42. The van der Waals surface area contributed by atoms with Gasteiger partial charge in [0.05, 0.1) is 5.56 Å². The predicted octanol–water partition coefficient (Wildman–Crippen LogP) is 1.62. The molecule has 0 bridgehead atoms. The summed E-state index contributed by atoms with van der Waals surface area (Å²) in [7, 11) is 0. The molecule has 1 aromatic rings. The van der Waals surface area contributed by atoms with Crippen molar-refractivity contribution < 1.29 is 9.90 Å². The maximum absolute atomic E-state index is 10.5. The van der Waals surface area contributed by atoms with E-state index in [-0.39, 0.29) is 17.4 Å². The molecule has 0 aliphatic rings. The predicted molar refractivity (Wildman–Crippen MR) is 48.6 cm³/mol. The van der Waals surface area contributed by atoms with Gasteiger partial charge in [0.15, 0.2) is 0 Å². The summed E-state index contributed by atoms with van der Waals surface area (Å²) in [4.78, 5) is 10.5. The Morgan fingerprint density at radius 3 is 2.25 bits per heavy atom. The molecule has 0 amide bonds. The van der Waals surface area contributed by atoms with Gasteiger partial charge in [-0.15, -0.1) is 0 Å². The third-order valence-electron chi connectivity index (χ3n) is 1.75. The topological polar surface area (TPSA) is 37.3 Å². The van der Waals surface area contributed by atoms with Crippen molar-refractivity contribution in [2.24, 2.45) is 0 Å². The molecule has 0 saturated carbocycles. The quantitative estimate of drug-likeness (QED) is 0.662. The fourth-order valence-corrected chi connectivity index (χ4v) is 0.874. The highest BCUT2D eigenvalue weighted by Crippen LogP contribution is 2.09. The van der Waals surface area contributed by atoms with Crippen LogP contribution in [0.1, 0.15) is 21.5 Å². The van der Waals surface area contributed by atoms with Gasteiger partial charge >= 0.3 is 5.97 Å². The van der Waals surface area contributed by atoms with Gasteiger partial charge < -0.3 is 5.11 Å². The van der Waals surface area contributed by atoms with E-state index in [9.17, 15) is 4.79 Å². The highest BCUT2D eigenvalue weighted by Gasteiger charge is 2.02. The van der Waals surface area contributed by atoms with E-state index in [0.29, 0.717) is 5.56 Å². The molecule has 1 N–H and O–H groups in total. The lowest BCUT2D eigenvalue weighted by Crippen LogP contribution is -1.96. The highest BCUT2D eigenvalue weighted by molar-refractivity contribution is 5.87. The Bertz CT molecular complexity index is 295. The van der Waals surface area contributed by atoms with Crippen molar-refractivity contribution in [3.05, 3.63) is 34.9 Å². The number of carboxylic acids is 1. The molecule has 3 radical (unpaired) electrons. The number of hydrogen-bond acceptors (Lipinski definition) is 1. The Labute approximate surface area is 82.4 Å². The Hall–Kier alpha value is -0.778. The Kier molecular flexibility index (Phi) is 4.02. The minimum absolute atomic E-state index is 0. The second-order valence-corrected chi connectivity index (χ2v) is 2.60. The lowest BCUT2D eigenvalue weighted by molar-refractivity contribution is 0.0697. The summed E-state index contributed by atoms with van der Waals surface area (Å²) >= 11 is 0. The fourth-order valence-electron chi connectivity index (χ4n) is 0.874. The van der Waals surface area contributed by atoms with E-state index in [2.05, 4.69) is 0 Å². The van der Waals surface area contributed by atoms with Crippen LogP contribution in [0.15, 0.2) is 18.2 Å². The molecule has 0 heterocycles. The second-order valence-electron chi connectivity index (χ2n) is 2.60. The van der Waals surface area contributed by atoms with Crippen molar-refractivity contribution in [1.82, 2.24) is 0 Å². The fraction of sp³-hybridized carbons (Fsp3) is 0.222. The van der Waals surface area contributed by atoms with Crippen molar-refractivity contribution in [3.63, 3.8) is 0 Å². The molecule has 0 atom stereocenters. The lowest BCUT2D eigenvalue weighted by Gasteiger charge is -1.99. The summed E-state index contributed by atoms with van der Waals surface area (Å²) in [6.45, 7) is 3.86. The van der Waals surface area contributed by atoms with Gasteiger partial charge in [0, 0.05) is 17.4 Å². The monoisotopic (exact) mass is 177 g/mol. The van der Waals surface area contributed by atoms with Crippen LogP contribution >= 0.6 is 0 Å². The molecule has 0 aromatic heterocycles. The summed E-state index contributed by atoms with van der Waals surface area (Å²) in [5.41, 5.74) is 2.49. The zero-order chi connectivity index (χ0) is 8.43. The van der Waals surface area contributed by atoms with Gasteiger partial charge in [-0.3, -0.25) is 0 Å².